The second-order valence-electron chi connectivity index (χ2n) is 10.9. The zero-order chi connectivity index (χ0) is 22.2. The van der Waals surface area contributed by atoms with Crippen molar-refractivity contribution in [1.82, 2.24) is 0 Å². The summed E-state index contributed by atoms with van der Waals surface area (Å²) in [6, 6.07) is 7.30. The van der Waals surface area contributed by atoms with E-state index in [4.69, 9.17) is 0 Å². The van der Waals surface area contributed by atoms with Crippen LogP contribution in [0, 0.1) is 16.2 Å². The summed E-state index contributed by atoms with van der Waals surface area (Å²) in [6.07, 6.45) is 8.52. The summed E-state index contributed by atoms with van der Waals surface area (Å²) in [7, 11) is 0. The molecule has 3 rings (SSSR count). The number of allylic oxidation sites excluding steroid dienone is 2. The molecular weight excluding hydrogens is 370 g/mol. The fourth-order valence-corrected chi connectivity index (χ4v) is 5.39. The minimum Gasteiger partial charge on any atom is -0.326 e. The summed E-state index contributed by atoms with van der Waals surface area (Å²) in [4.78, 5) is 25.3. The van der Waals surface area contributed by atoms with Crippen LogP contribution < -0.4 is 5.32 Å². The summed E-state index contributed by atoms with van der Waals surface area (Å²) in [5.41, 5.74) is 4.55. The maximum Gasteiger partial charge on any atom is 0.231 e. The van der Waals surface area contributed by atoms with E-state index in [0.29, 0.717) is 5.56 Å². The second kappa shape index (κ2) is 8.32. The highest BCUT2D eigenvalue weighted by atomic mass is 16.2. The average Bonchev–Trinajstić information content (AvgIpc) is 3.10. The monoisotopic (exact) mass is 409 g/mol. The normalized spacial score (nSPS) is 21.3. The second-order valence-corrected chi connectivity index (χ2v) is 10.9. The van der Waals surface area contributed by atoms with Crippen molar-refractivity contribution in [2.45, 2.75) is 92.9 Å². The highest BCUT2D eigenvalue weighted by Gasteiger charge is 2.52. The minimum atomic E-state index is -0.349. The number of benzene rings is 1. The Kier molecular flexibility index (Phi) is 6.32. The molecule has 30 heavy (non-hydrogen) atoms. The van der Waals surface area contributed by atoms with Crippen LogP contribution in [0.3, 0.4) is 0 Å². The van der Waals surface area contributed by atoms with Crippen molar-refractivity contribution in [1.29, 1.82) is 0 Å². The van der Waals surface area contributed by atoms with Gasteiger partial charge in [-0.25, -0.2) is 0 Å². The van der Waals surface area contributed by atoms with Crippen LogP contribution in [0.25, 0.3) is 0 Å². The number of hydrogen-bond acceptors (Lipinski definition) is 2. The van der Waals surface area contributed by atoms with E-state index in [9.17, 15) is 9.59 Å². The highest BCUT2D eigenvalue weighted by molar-refractivity contribution is 5.98. The molecule has 0 heterocycles. The Morgan fingerprint density at radius 2 is 1.43 bits per heavy atom. The number of hydrogen-bond donors (Lipinski definition) is 1. The molecule has 164 valence electrons. The Bertz CT molecular complexity index is 814. The van der Waals surface area contributed by atoms with E-state index >= 15 is 0 Å². The standard InChI is InChI=1S/C27H39NO2/c1-7-8-9-14-27(24(30)28-21-12-10-20(11-13-21)19(2)29)17-22-23(18-27)26(5,6)16-15-25(22,3)4/h10-13H,7-9,14-18H2,1-6H3,(H,28,30). The summed E-state index contributed by atoms with van der Waals surface area (Å²) >= 11 is 0. The number of amides is 1. The molecule has 0 spiro atoms. The van der Waals surface area contributed by atoms with Crippen molar-refractivity contribution >= 4 is 17.4 Å². The first-order chi connectivity index (χ1) is 14.0. The van der Waals surface area contributed by atoms with E-state index in [1.165, 1.54) is 30.4 Å². The van der Waals surface area contributed by atoms with Gasteiger partial charge in [-0.15, -0.1) is 0 Å². The molecule has 0 unspecified atom stereocenters. The zero-order valence-electron chi connectivity index (χ0n) is 19.8. The van der Waals surface area contributed by atoms with Crippen molar-refractivity contribution in [2.75, 3.05) is 5.32 Å². The molecule has 0 aliphatic heterocycles. The van der Waals surface area contributed by atoms with Gasteiger partial charge in [0.1, 0.15) is 0 Å². The third-order valence-electron chi connectivity index (χ3n) is 7.69. The van der Waals surface area contributed by atoms with Crippen LogP contribution in [0.15, 0.2) is 35.4 Å². The van der Waals surface area contributed by atoms with Crippen LogP contribution in [0.1, 0.15) is 103 Å². The average molecular weight is 410 g/mol. The van der Waals surface area contributed by atoms with E-state index in [2.05, 4.69) is 39.9 Å². The van der Waals surface area contributed by atoms with Gasteiger partial charge in [0.15, 0.2) is 5.78 Å². The molecule has 2 aliphatic rings. The number of ketones is 1. The molecule has 1 N–H and O–H groups in total. The molecule has 0 fully saturated rings. The van der Waals surface area contributed by atoms with Gasteiger partial charge in [0, 0.05) is 11.3 Å². The van der Waals surface area contributed by atoms with Crippen LogP contribution in [-0.2, 0) is 4.79 Å². The molecule has 0 bridgehead atoms. The lowest BCUT2D eigenvalue weighted by Gasteiger charge is -2.41. The summed E-state index contributed by atoms with van der Waals surface area (Å²) in [5, 5.41) is 3.21. The number of carbonyl (C=O) groups is 2. The van der Waals surface area contributed by atoms with Gasteiger partial charge in [-0.3, -0.25) is 9.59 Å². The van der Waals surface area contributed by atoms with Crippen molar-refractivity contribution in [3.05, 3.63) is 41.0 Å². The molecule has 1 aromatic carbocycles. The highest BCUT2D eigenvalue weighted by Crippen LogP contribution is 2.61. The minimum absolute atomic E-state index is 0.0426. The molecule has 0 aromatic heterocycles. The van der Waals surface area contributed by atoms with Gasteiger partial charge in [0.05, 0.1) is 5.41 Å². The van der Waals surface area contributed by atoms with E-state index < -0.39 is 0 Å². The molecule has 0 saturated carbocycles. The summed E-state index contributed by atoms with van der Waals surface area (Å²) in [6.45, 7) is 13.2. The van der Waals surface area contributed by atoms with Gasteiger partial charge in [-0.2, -0.15) is 0 Å². The number of nitrogens with one attached hydrogen (secondary N) is 1. The molecule has 3 nitrogen and oxygen atoms in total. The molecule has 1 amide bonds. The van der Waals surface area contributed by atoms with Crippen LogP contribution in [0.2, 0.25) is 0 Å². The third-order valence-corrected chi connectivity index (χ3v) is 7.69. The molecule has 0 atom stereocenters. The largest absolute Gasteiger partial charge is 0.326 e. The van der Waals surface area contributed by atoms with Gasteiger partial charge < -0.3 is 5.32 Å². The van der Waals surface area contributed by atoms with E-state index in [-0.39, 0.29) is 27.9 Å². The number of anilines is 1. The van der Waals surface area contributed by atoms with Crippen LogP contribution in [0.5, 0.6) is 0 Å². The van der Waals surface area contributed by atoms with Gasteiger partial charge in [0.2, 0.25) is 5.91 Å². The van der Waals surface area contributed by atoms with Crippen LogP contribution in [0.4, 0.5) is 5.69 Å². The van der Waals surface area contributed by atoms with Gasteiger partial charge in [-0.05, 0) is 74.1 Å². The molecule has 0 saturated heterocycles. The van der Waals surface area contributed by atoms with Crippen molar-refractivity contribution < 1.29 is 9.59 Å². The molecule has 2 aliphatic carbocycles. The molecule has 1 aromatic rings. The lowest BCUT2D eigenvalue weighted by Crippen LogP contribution is -2.35. The predicted molar refractivity (Wildman–Crippen MR) is 125 cm³/mol. The maximum atomic E-state index is 13.7. The third kappa shape index (κ3) is 4.40. The number of unbranched alkanes of at least 4 members (excludes halogenated alkanes) is 2. The fraction of sp³-hybridized carbons (Fsp3) is 0.630. The topological polar surface area (TPSA) is 46.2 Å². The first kappa shape index (κ1) is 22.8. The Labute approximate surface area is 182 Å². The number of rotatable bonds is 7. The summed E-state index contributed by atoms with van der Waals surface area (Å²) < 4.78 is 0. The zero-order valence-corrected chi connectivity index (χ0v) is 19.8. The quantitative estimate of drug-likeness (QED) is 0.291. The first-order valence-electron chi connectivity index (χ1n) is 11.7. The van der Waals surface area contributed by atoms with Crippen molar-refractivity contribution in [2.24, 2.45) is 16.2 Å². The van der Waals surface area contributed by atoms with E-state index in [1.807, 2.05) is 12.1 Å². The molecule has 3 heteroatoms. The molecule has 0 radical (unpaired) electrons. The van der Waals surface area contributed by atoms with Gasteiger partial charge in [-0.1, -0.05) is 65.0 Å². The lowest BCUT2D eigenvalue weighted by atomic mass is 9.64. The van der Waals surface area contributed by atoms with Gasteiger partial charge in [0.25, 0.3) is 0 Å². The number of Topliss-reactive ketones (excluding diaryl/α,β-unsaturated/α-hetero) is 1. The van der Waals surface area contributed by atoms with Crippen molar-refractivity contribution in [3.8, 4) is 0 Å². The van der Waals surface area contributed by atoms with E-state index in [0.717, 1.165) is 37.8 Å². The predicted octanol–water partition coefficient (Wildman–Crippen LogP) is 7.33. The van der Waals surface area contributed by atoms with Crippen LogP contribution >= 0.6 is 0 Å². The Balaban J connectivity index is 1.88. The molecular formula is C27H39NO2. The van der Waals surface area contributed by atoms with E-state index in [1.54, 1.807) is 19.1 Å². The Hall–Kier alpha value is -1.90. The maximum absolute atomic E-state index is 13.7. The first-order valence-corrected chi connectivity index (χ1v) is 11.7. The van der Waals surface area contributed by atoms with Crippen LogP contribution in [-0.4, -0.2) is 11.7 Å². The number of carbonyl (C=O) groups excluding carboxylic acids is 2. The Morgan fingerprint density at radius 3 is 1.90 bits per heavy atom. The van der Waals surface area contributed by atoms with Gasteiger partial charge >= 0.3 is 0 Å². The SMILES string of the molecule is CCCCCC1(C(=O)Nc2ccc(C(C)=O)cc2)CC2=C(C1)C(C)(C)CCC2(C)C. The fourth-order valence-electron chi connectivity index (χ4n) is 5.39. The lowest BCUT2D eigenvalue weighted by molar-refractivity contribution is -0.125. The Morgan fingerprint density at radius 1 is 0.900 bits per heavy atom. The summed E-state index contributed by atoms with van der Waals surface area (Å²) in [5.74, 6) is 0.191. The van der Waals surface area contributed by atoms with Crippen molar-refractivity contribution in [3.63, 3.8) is 0 Å². The smallest absolute Gasteiger partial charge is 0.231 e.